The minimum Gasteiger partial charge on any atom is -0.198 e. The van der Waals surface area contributed by atoms with E-state index in [2.05, 4.69) is 15.9 Å². The van der Waals surface area contributed by atoms with E-state index in [0.717, 1.165) is 22.3 Å². The van der Waals surface area contributed by atoms with Gasteiger partial charge in [0.15, 0.2) is 4.74 Å². The van der Waals surface area contributed by atoms with Crippen LogP contribution in [0.5, 0.6) is 0 Å². The molecule has 0 unspecified atom stereocenters. The van der Waals surface area contributed by atoms with Crippen molar-refractivity contribution in [3.63, 3.8) is 0 Å². The number of hydrogen-bond acceptors (Lipinski definition) is 0. The molecule has 2 heteroatoms. The Morgan fingerprint density at radius 1 is 0.750 bits per heavy atom. The molecule has 16 heavy (non-hydrogen) atoms. The van der Waals surface area contributed by atoms with E-state index in [4.69, 9.17) is 0 Å². The second-order valence-electron chi connectivity index (χ2n) is 3.73. The molecule has 0 N–H and O–H groups in total. The zero-order valence-corrected chi connectivity index (χ0v) is 9.96. The van der Waals surface area contributed by atoms with Gasteiger partial charge in [-0.05, 0) is 38.2 Å². The number of halogens is 2. The lowest BCUT2D eigenvalue weighted by atomic mass is 10.1. The monoisotopic (exact) mass is 274 g/mol. The molecule has 2 aromatic rings. The zero-order valence-electron chi connectivity index (χ0n) is 8.37. The van der Waals surface area contributed by atoms with E-state index >= 15 is 0 Å². The van der Waals surface area contributed by atoms with Gasteiger partial charge >= 0.3 is 0 Å². The van der Waals surface area contributed by atoms with Crippen LogP contribution in [0.3, 0.4) is 0 Å². The Morgan fingerprint density at radius 2 is 1.12 bits per heavy atom. The first-order valence-corrected chi connectivity index (χ1v) is 5.83. The van der Waals surface area contributed by atoms with Crippen LogP contribution in [-0.4, -0.2) is 0 Å². The van der Waals surface area contributed by atoms with Gasteiger partial charge in [-0.3, -0.25) is 0 Å². The quantitative estimate of drug-likeness (QED) is 0.555. The Hall–Kier alpha value is -1.41. The van der Waals surface area contributed by atoms with Gasteiger partial charge in [0.05, 0.1) is 0 Å². The van der Waals surface area contributed by atoms with E-state index in [-0.39, 0.29) is 4.74 Å². The summed E-state index contributed by atoms with van der Waals surface area (Å²) in [5.41, 5.74) is 4.77. The molecule has 0 amide bonds. The van der Waals surface area contributed by atoms with Crippen LogP contribution in [-0.2, 0) is 0 Å². The van der Waals surface area contributed by atoms with Crippen molar-refractivity contribution >= 4 is 21.5 Å². The Morgan fingerprint density at radius 3 is 1.50 bits per heavy atom. The fourth-order valence-electron chi connectivity index (χ4n) is 2.22. The van der Waals surface area contributed by atoms with Gasteiger partial charge < -0.3 is 0 Å². The summed E-state index contributed by atoms with van der Waals surface area (Å²) in [7, 11) is 0. The van der Waals surface area contributed by atoms with E-state index in [1.54, 1.807) is 0 Å². The van der Waals surface area contributed by atoms with Crippen molar-refractivity contribution in [2.45, 2.75) is 0 Å². The minimum atomic E-state index is -0.301. The molecule has 0 heterocycles. The lowest BCUT2D eigenvalue weighted by Gasteiger charge is -2.00. The van der Waals surface area contributed by atoms with Gasteiger partial charge in [-0.2, -0.15) is 4.39 Å². The Balaban J connectivity index is 2.44. The summed E-state index contributed by atoms with van der Waals surface area (Å²) in [4.78, 5) is 0. The first kappa shape index (κ1) is 9.79. The molecule has 0 atom stereocenters. The van der Waals surface area contributed by atoms with Crippen LogP contribution in [0.2, 0.25) is 0 Å². The fourth-order valence-corrected chi connectivity index (χ4v) is 2.65. The third-order valence-electron chi connectivity index (χ3n) is 2.87. The average Bonchev–Trinajstić information content (AvgIpc) is 2.63. The lowest BCUT2D eigenvalue weighted by molar-refractivity contribution is 0.708. The summed E-state index contributed by atoms with van der Waals surface area (Å²) in [6, 6.07) is 15.8. The first-order valence-electron chi connectivity index (χ1n) is 5.03. The van der Waals surface area contributed by atoms with Crippen LogP contribution in [0.4, 0.5) is 4.39 Å². The summed E-state index contributed by atoms with van der Waals surface area (Å²) >= 11 is 2.95. The van der Waals surface area contributed by atoms with Crippen molar-refractivity contribution in [1.29, 1.82) is 0 Å². The van der Waals surface area contributed by atoms with Gasteiger partial charge in [0.1, 0.15) is 0 Å². The molecule has 0 saturated heterocycles. The molecule has 3 rings (SSSR count). The molecule has 0 aromatic heterocycles. The Kier molecular flexibility index (Phi) is 2.18. The molecule has 0 radical (unpaired) electrons. The molecule has 1 aliphatic carbocycles. The maximum atomic E-state index is 13.6. The summed E-state index contributed by atoms with van der Waals surface area (Å²) in [6.07, 6.45) is 0. The van der Waals surface area contributed by atoms with E-state index in [1.807, 2.05) is 48.5 Å². The van der Waals surface area contributed by atoms with E-state index < -0.39 is 0 Å². The van der Waals surface area contributed by atoms with E-state index in [0.29, 0.717) is 5.57 Å². The third kappa shape index (κ3) is 1.26. The van der Waals surface area contributed by atoms with Crippen molar-refractivity contribution in [3.05, 3.63) is 64.4 Å². The number of benzene rings is 2. The van der Waals surface area contributed by atoms with Gasteiger partial charge in [0, 0.05) is 5.57 Å². The molecule has 0 nitrogen and oxygen atoms in total. The minimum absolute atomic E-state index is 0.301. The summed E-state index contributed by atoms with van der Waals surface area (Å²) in [6.45, 7) is 0. The van der Waals surface area contributed by atoms with Crippen LogP contribution in [0.15, 0.2) is 53.3 Å². The third-order valence-corrected chi connectivity index (χ3v) is 3.27. The van der Waals surface area contributed by atoms with Crippen molar-refractivity contribution in [3.8, 4) is 11.1 Å². The van der Waals surface area contributed by atoms with Gasteiger partial charge in [-0.15, -0.1) is 0 Å². The van der Waals surface area contributed by atoms with Gasteiger partial charge in [-0.25, -0.2) is 0 Å². The molecule has 78 valence electrons. The molecule has 0 fully saturated rings. The molecule has 0 bridgehead atoms. The fraction of sp³-hybridized carbons (Fsp3) is 0. The van der Waals surface area contributed by atoms with E-state index in [1.165, 1.54) is 0 Å². The molecule has 0 saturated carbocycles. The molecular formula is C14H8BrF. The first-order chi connectivity index (χ1) is 7.79. The number of hydrogen-bond donors (Lipinski definition) is 0. The van der Waals surface area contributed by atoms with Gasteiger partial charge in [-0.1, -0.05) is 48.5 Å². The lowest BCUT2D eigenvalue weighted by Crippen LogP contribution is -1.81. The van der Waals surface area contributed by atoms with Crippen LogP contribution in [0.1, 0.15) is 11.1 Å². The highest BCUT2D eigenvalue weighted by Gasteiger charge is 2.24. The predicted octanol–water partition coefficient (Wildman–Crippen LogP) is 4.75. The standard InChI is InChI=1S/C14H8BrF/c15-14(16)13-11-7-3-1-5-9(11)10-6-2-4-8-12(10)13/h1-8H. The highest BCUT2D eigenvalue weighted by Crippen LogP contribution is 2.46. The second-order valence-corrected chi connectivity index (χ2v) is 4.42. The van der Waals surface area contributed by atoms with Gasteiger partial charge in [0.25, 0.3) is 0 Å². The second kappa shape index (κ2) is 3.56. The normalized spacial score (nSPS) is 12.2. The number of fused-ring (bicyclic) bond motifs is 3. The summed E-state index contributed by atoms with van der Waals surface area (Å²) in [5, 5.41) is 0. The Bertz CT molecular complexity index is 548. The average molecular weight is 275 g/mol. The van der Waals surface area contributed by atoms with Crippen LogP contribution >= 0.6 is 15.9 Å². The zero-order chi connectivity index (χ0) is 11.1. The highest BCUT2D eigenvalue weighted by molar-refractivity contribution is 9.11. The summed E-state index contributed by atoms with van der Waals surface area (Å²) < 4.78 is 13.3. The van der Waals surface area contributed by atoms with Gasteiger partial charge in [0.2, 0.25) is 0 Å². The Labute approximate surface area is 102 Å². The highest BCUT2D eigenvalue weighted by atomic mass is 79.9. The van der Waals surface area contributed by atoms with Crippen LogP contribution < -0.4 is 0 Å². The van der Waals surface area contributed by atoms with Crippen LogP contribution in [0, 0.1) is 0 Å². The van der Waals surface area contributed by atoms with Crippen molar-refractivity contribution in [1.82, 2.24) is 0 Å². The van der Waals surface area contributed by atoms with E-state index in [9.17, 15) is 4.39 Å². The summed E-state index contributed by atoms with van der Waals surface area (Å²) in [5.74, 6) is 0. The van der Waals surface area contributed by atoms with Crippen molar-refractivity contribution in [2.75, 3.05) is 0 Å². The molecule has 0 aliphatic heterocycles. The molecule has 0 spiro atoms. The van der Waals surface area contributed by atoms with Crippen LogP contribution in [0.25, 0.3) is 16.7 Å². The predicted molar refractivity (Wildman–Crippen MR) is 67.9 cm³/mol. The molecule has 2 aromatic carbocycles. The van der Waals surface area contributed by atoms with Crippen molar-refractivity contribution < 1.29 is 4.39 Å². The SMILES string of the molecule is FC(Br)=C1c2ccccc2-c2ccccc21. The number of rotatable bonds is 0. The topological polar surface area (TPSA) is 0 Å². The largest absolute Gasteiger partial charge is 0.198 e. The maximum absolute atomic E-state index is 13.6. The smallest absolute Gasteiger partial charge is 0.174 e. The molecular weight excluding hydrogens is 267 g/mol. The maximum Gasteiger partial charge on any atom is 0.174 e. The van der Waals surface area contributed by atoms with Crippen molar-refractivity contribution in [2.24, 2.45) is 0 Å². The molecule has 1 aliphatic rings.